The van der Waals surface area contributed by atoms with Gasteiger partial charge in [0.1, 0.15) is 6.73 Å². The largest absolute Gasteiger partial charge is 0.493 e. The number of hydrogen-bond acceptors (Lipinski definition) is 3. The van der Waals surface area contributed by atoms with Crippen LogP contribution in [0.15, 0.2) is 48.5 Å². The van der Waals surface area contributed by atoms with Gasteiger partial charge in [-0.2, -0.15) is 0 Å². The molecule has 1 aliphatic heterocycles. The molecular formula is C18H21NO2. The molecule has 1 heterocycles. The number of aryl methyl sites for hydroxylation is 1. The molecule has 0 radical (unpaired) electrons. The highest BCUT2D eigenvalue weighted by Crippen LogP contribution is 2.34. The van der Waals surface area contributed by atoms with Crippen LogP contribution in [0.4, 0.5) is 0 Å². The summed E-state index contributed by atoms with van der Waals surface area (Å²) in [6.45, 7) is 2.62. The SMILES string of the molecule is COc1cccc2c1OCN(CCCc1ccccc1)C2. The van der Waals surface area contributed by atoms with Crippen molar-refractivity contribution in [1.29, 1.82) is 0 Å². The van der Waals surface area contributed by atoms with Crippen LogP contribution in [0.25, 0.3) is 0 Å². The quantitative estimate of drug-likeness (QED) is 0.838. The molecule has 0 saturated carbocycles. The first-order valence-corrected chi connectivity index (χ1v) is 7.42. The molecule has 3 rings (SSSR count). The summed E-state index contributed by atoms with van der Waals surface area (Å²) in [7, 11) is 1.69. The minimum absolute atomic E-state index is 0.641. The fourth-order valence-electron chi connectivity index (χ4n) is 2.75. The fraction of sp³-hybridized carbons (Fsp3) is 0.333. The topological polar surface area (TPSA) is 21.7 Å². The monoisotopic (exact) mass is 283 g/mol. The van der Waals surface area contributed by atoms with E-state index in [1.807, 2.05) is 12.1 Å². The van der Waals surface area contributed by atoms with Crippen molar-refractivity contribution in [3.8, 4) is 11.5 Å². The Bertz CT molecular complexity index is 583. The average Bonchev–Trinajstić information content (AvgIpc) is 2.55. The molecule has 110 valence electrons. The van der Waals surface area contributed by atoms with Gasteiger partial charge < -0.3 is 9.47 Å². The van der Waals surface area contributed by atoms with Crippen molar-refractivity contribution in [2.24, 2.45) is 0 Å². The van der Waals surface area contributed by atoms with Crippen molar-refractivity contribution in [3.63, 3.8) is 0 Å². The fourth-order valence-corrected chi connectivity index (χ4v) is 2.75. The van der Waals surface area contributed by atoms with Gasteiger partial charge in [-0.05, 0) is 24.5 Å². The van der Waals surface area contributed by atoms with Crippen LogP contribution in [-0.4, -0.2) is 25.3 Å². The highest BCUT2D eigenvalue weighted by Gasteiger charge is 2.19. The van der Waals surface area contributed by atoms with Gasteiger partial charge >= 0.3 is 0 Å². The molecule has 0 aliphatic carbocycles. The molecule has 3 heteroatoms. The van der Waals surface area contributed by atoms with E-state index in [9.17, 15) is 0 Å². The Balaban J connectivity index is 1.55. The Hall–Kier alpha value is -2.00. The van der Waals surface area contributed by atoms with E-state index < -0.39 is 0 Å². The van der Waals surface area contributed by atoms with E-state index in [0.717, 1.165) is 37.4 Å². The third-order valence-corrected chi connectivity index (χ3v) is 3.85. The van der Waals surface area contributed by atoms with E-state index in [2.05, 4.69) is 41.3 Å². The summed E-state index contributed by atoms with van der Waals surface area (Å²) in [5.74, 6) is 1.73. The zero-order valence-corrected chi connectivity index (χ0v) is 12.4. The van der Waals surface area contributed by atoms with Gasteiger partial charge in [-0.3, -0.25) is 4.90 Å². The zero-order valence-electron chi connectivity index (χ0n) is 12.4. The lowest BCUT2D eigenvalue weighted by molar-refractivity contribution is 0.0909. The third kappa shape index (κ3) is 3.37. The van der Waals surface area contributed by atoms with E-state index in [1.54, 1.807) is 7.11 Å². The molecule has 0 saturated heterocycles. The summed E-state index contributed by atoms with van der Waals surface area (Å²) in [6, 6.07) is 16.7. The molecule has 0 unspecified atom stereocenters. The molecule has 0 spiro atoms. The maximum atomic E-state index is 5.86. The number of fused-ring (bicyclic) bond motifs is 1. The van der Waals surface area contributed by atoms with Gasteiger partial charge in [0.2, 0.25) is 0 Å². The normalized spacial score (nSPS) is 14.3. The van der Waals surface area contributed by atoms with E-state index >= 15 is 0 Å². The maximum Gasteiger partial charge on any atom is 0.167 e. The summed E-state index contributed by atoms with van der Waals surface area (Å²) in [4.78, 5) is 2.34. The molecule has 21 heavy (non-hydrogen) atoms. The molecule has 3 nitrogen and oxygen atoms in total. The van der Waals surface area contributed by atoms with Crippen LogP contribution in [0, 0.1) is 0 Å². The summed E-state index contributed by atoms with van der Waals surface area (Å²) in [6.07, 6.45) is 2.26. The van der Waals surface area contributed by atoms with Gasteiger partial charge in [-0.25, -0.2) is 0 Å². The lowest BCUT2D eigenvalue weighted by Crippen LogP contribution is -2.33. The molecule has 0 fully saturated rings. The van der Waals surface area contributed by atoms with Crippen molar-refractivity contribution in [1.82, 2.24) is 4.90 Å². The van der Waals surface area contributed by atoms with Crippen LogP contribution < -0.4 is 9.47 Å². The smallest absolute Gasteiger partial charge is 0.167 e. The Labute approximate surface area is 126 Å². The number of methoxy groups -OCH3 is 1. The number of para-hydroxylation sites is 1. The van der Waals surface area contributed by atoms with Crippen molar-refractivity contribution in [2.75, 3.05) is 20.4 Å². The Morgan fingerprint density at radius 2 is 1.95 bits per heavy atom. The highest BCUT2D eigenvalue weighted by molar-refractivity contribution is 5.47. The van der Waals surface area contributed by atoms with E-state index in [0.29, 0.717) is 6.73 Å². The molecule has 0 aromatic heterocycles. The van der Waals surface area contributed by atoms with Gasteiger partial charge in [0.15, 0.2) is 11.5 Å². The first-order chi connectivity index (χ1) is 10.4. The number of benzene rings is 2. The van der Waals surface area contributed by atoms with Crippen LogP contribution in [0.3, 0.4) is 0 Å². The second kappa shape index (κ2) is 6.64. The summed E-state index contributed by atoms with van der Waals surface area (Å²) in [5, 5.41) is 0. The van der Waals surface area contributed by atoms with E-state index in [-0.39, 0.29) is 0 Å². The number of nitrogens with zero attached hydrogens (tertiary/aromatic N) is 1. The van der Waals surface area contributed by atoms with Crippen molar-refractivity contribution < 1.29 is 9.47 Å². The molecule has 2 aromatic carbocycles. The lowest BCUT2D eigenvalue weighted by atomic mass is 10.1. The number of rotatable bonds is 5. The molecule has 0 N–H and O–H groups in total. The molecular weight excluding hydrogens is 262 g/mol. The predicted molar refractivity (Wildman–Crippen MR) is 83.7 cm³/mol. The number of ether oxygens (including phenoxy) is 2. The first kappa shape index (κ1) is 14.0. The van der Waals surface area contributed by atoms with Crippen molar-refractivity contribution in [2.45, 2.75) is 19.4 Å². The number of hydrogen-bond donors (Lipinski definition) is 0. The Morgan fingerprint density at radius 3 is 2.76 bits per heavy atom. The molecule has 0 bridgehead atoms. The predicted octanol–water partition coefficient (Wildman–Crippen LogP) is 3.48. The Morgan fingerprint density at radius 1 is 1.10 bits per heavy atom. The first-order valence-electron chi connectivity index (χ1n) is 7.42. The second-order valence-electron chi connectivity index (χ2n) is 5.36. The summed E-state index contributed by atoms with van der Waals surface area (Å²) in [5.41, 5.74) is 2.61. The summed E-state index contributed by atoms with van der Waals surface area (Å²) >= 11 is 0. The lowest BCUT2D eigenvalue weighted by Gasteiger charge is -2.29. The van der Waals surface area contributed by atoms with E-state index in [1.165, 1.54) is 11.1 Å². The van der Waals surface area contributed by atoms with Gasteiger partial charge in [-0.15, -0.1) is 0 Å². The van der Waals surface area contributed by atoms with Crippen LogP contribution in [-0.2, 0) is 13.0 Å². The van der Waals surface area contributed by atoms with Crippen LogP contribution in [0.1, 0.15) is 17.5 Å². The maximum absolute atomic E-state index is 5.86. The minimum Gasteiger partial charge on any atom is -0.493 e. The van der Waals surface area contributed by atoms with Crippen LogP contribution in [0.2, 0.25) is 0 Å². The zero-order chi connectivity index (χ0) is 14.5. The van der Waals surface area contributed by atoms with Gasteiger partial charge in [0.05, 0.1) is 7.11 Å². The van der Waals surface area contributed by atoms with E-state index in [4.69, 9.17) is 9.47 Å². The second-order valence-corrected chi connectivity index (χ2v) is 5.36. The summed E-state index contributed by atoms with van der Waals surface area (Å²) < 4.78 is 11.2. The highest BCUT2D eigenvalue weighted by atomic mass is 16.5. The Kier molecular flexibility index (Phi) is 4.41. The van der Waals surface area contributed by atoms with Gasteiger partial charge in [0.25, 0.3) is 0 Å². The molecule has 0 amide bonds. The average molecular weight is 283 g/mol. The van der Waals surface area contributed by atoms with Gasteiger partial charge in [0, 0.05) is 18.7 Å². The molecule has 1 aliphatic rings. The minimum atomic E-state index is 0.641. The van der Waals surface area contributed by atoms with Crippen LogP contribution >= 0.6 is 0 Å². The van der Waals surface area contributed by atoms with Crippen molar-refractivity contribution in [3.05, 3.63) is 59.7 Å². The van der Waals surface area contributed by atoms with Crippen LogP contribution in [0.5, 0.6) is 11.5 Å². The third-order valence-electron chi connectivity index (χ3n) is 3.85. The van der Waals surface area contributed by atoms with Gasteiger partial charge in [-0.1, -0.05) is 42.5 Å². The standard InChI is InChI=1S/C18H21NO2/c1-20-17-11-5-10-16-13-19(14-21-18(16)17)12-6-9-15-7-3-2-4-8-15/h2-5,7-8,10-11H,6,9,12-14H2,1H3. The van der Waals surface area contributed by atoms with Crippen molar-refractivity contribution >= 4 is 0 Å². The molecule has 2 aromatic rings. The molecule has 0 atom stereocenters.